The van der Waals surface area contributed by atoms with E-state index in [0.29, 0.717) is 28.3 Å². The number of hydrogen-bond acceptors (Lipinski definition) is 16. The molecule has 2 aliphatic rings. The Bertz CT molecular complexity index is 2710. The summed E-state index contributed by atoms with van der Waals surface area (Å²) in [5.41, 5.74) is 1.13. The number of nitriles is 1. The largest absolute Gasteiger partial charge is 0.491 e. The number of benzene rings is 2. The standard InChI is InChI=1S/C41H27ClN6O11/c1-3-54-32-18-28-26(38(23(19-43)20-46-28)47-24-7-8-31(27(42)16-24)55-21-25-6-4-5-14-44-25)17-29(32)48-41(53)40-39(57-34(50)9-10-35(51)58-40)37-22(2)30(13-15-45-37)56-33(49)11-12-36(52)59-48/h4-18,20H,3,21H2,1-2H3,(H,46,47)/b10-9-,12-11-,40-39+. The van der Waals surface area contributed by atoms with Gasteiger partial charge in [0.15, 0.2) is 0 Å². The van der Waals surface area contributed by atoms with E-state index < -0.39 is 41.3 Å². The number of hydroxylamine groups is 1. The van der Waals surface area contributed by atoms with Crippen LogP contribution < -0.4 is 24.6 Å². The maximum Gasteiger partial charge on any atom is 0.356 e. The zero-order valence-electron chi connectivity index (χ0n) is 30.8. The van der Waals surface area contributed by atoms with Gasteiger partial charge in [-0.15, -0.1) is 5.06 Å². The van der Waals surface area contributed by atoms with Gasteiger partial charge in [0.05, 0.1) is 34.1 Å². The van der Waals surface area contributed by atoms with Gasteiger partial charge < -0.3 is 33.8 Å². The molecule has 5 heterocycles. The minimum atomic E-state index is -1.37. The van der Waals surface area contributed by atoms with Crippen LogP contribution in [0.5, 0.6) is 17.2 Å². The molecule has 0 aliphatic carbocycles. The molecule has 0 saturated heterocycles. The van der Waals surface area contributed by atoms with Gasteiger partial charge in [-0.05, 0) is 56.3 Å². The average molecular weight is 815 g/mol. The third-order valence-corrected chi connectivity index (χ3v) is 8.65. The fourth-order valence-corrected chi connectivity index (χ4v) is 5.91. The van der Waals surface area contributed by atoms with Gasteiger partial charge in [-0.1, -0.05) is 17.7 Å². The molecule has 294 valence electrons. The number of carbonyl (C=O) groups is 5. The van der Waals surface area contributed by atoms with Crippen molar-refractivity contribution >= 4 is 75.1 Å². The van der Waals surface area contributed by atoms with Crippen LogP contribution in [-0.2, 0) is 44.9 Å². The Morgan fingerprint density at radius 3 is 2.27 bits per heavy atom. The van der Waals surface area contributed by atoms with Crippen LogP contribution in [0.1, 0.15) is 29.4 Å². The number of esters is 3. The van der Waals surface area contributed by atoms with E-state index in [1.54, 1.807) is 43.5 Å². The van der Waals surface area contributed by atoms with Crippen molar-refractivity contribution in [3.05, 3.63) is 131 Å². The third-order valence-electron chi connectivity index (χ3n) is 8.35. The maximum absolute atomic E-state index is 14.8. The topological polar surface area (TPSA) is 218 Å². The lowest BCUT2D eigenvalue weighted by Crippen LogP contribution is -2.37. The summed E-state index contributed by atoms with van der Waals surface area (Å²) in [4.78, 5) is 85.1. The molecule has 59 heavy (non-hydrogen) atoms. The van der Waals surface area contributed by atoms with Gasteiger partial charge >= 0.3 is 29.8 Å². The second-order valence-electron chi connectivity index (χ2n) is 12.2. The second kappa shape index (κ2) is 17.0. The summed E-state index contributed by atoms with van der Waals surface area (Å²) in [7, 11) is 0. The summed E-state index contributed by atoms with van der Waals surface area (Å²) in [6.07, 6.45) is 7.08. The highest BCUT2D eigenvalue weighted by Gasteiger charge is 2.36. The zero-order chi connectivity index (χ0) is 41.6. The number of aromatic nitrogens is 3. The normalized spacial score (nSPS) is 16.6. The fourth-order valence-electron chi connectivity index (χ4n) is 5.68. The lowest BCUT2D eigenvalue weighted by Gasteiger charge is -2.25. The number of amides is 1. The molecule has 0 atom stereocenters. The molecule has 5 aromatic rings. The van der Waals surface area contributed by atoms with E-state index in [9.17, 15) is 29.2 Å². The number of anilines is 3. The van der Waals surface area contributed by atoms with Crippen LogP contribution >= 0.6 is 11.6 Å². The first-order valence-electron chi connectivity index (χ1n) is 17.4. The molecule has 18 heteroatoms. The highest BCUT2D eigenvalue weighted by molar-refractivity contribution is 6.32. The number of fused-ring (bicyclic) bond motifs is 4. The molecule has 17 nitrogen and oxygen atoms in total. The molecular weight excluding hydrogens is 788 g/mol. The van der Waals surface area contributed by atoms with Crippen molar-refractivity contribution < 1.29 is 52.5 Å². The summed E-state index contributed by atoms with van der Waals surface area (Å²) in [6, 6.07) is 16.4. The monoisotopic (exact) mass is 814 g/mol. The predicted molar refractivity (Wildman–Crippen MR) is 207 cm³/mol. The molecule has 1 N–H and O–H groups in total. The molecule has 2 aliphatic heterocycles. The number of rotatable bonds is 8. The van der Waals surface area contributed by atoms with E-state index >= 15 is 0 Å². The Labute approximate surface area is 338 Å². The highest BCUT2D eigenvalue weighted by atomic mass is 35.5. The van der Waals surface area contributed by atoms with Crippen molar-refractivity contribution in [3.8, 4) is 23.3 Å². The van der Waals surface area contributed by atoms with Crippen LogP contribution in [0.2, 0.25) is 5.02 Å². The van der Waals surface area contributed by atoms with Crippen molar-refractivity contribution in [2.45, 2.75) is 20.5 Å². The number of hydrogen-bond donors (Lipinski definition) is 1. The number of nitrogens with zero attached hydrogens (tertiary/aromatic N) is 5. The number of carbonyl (C=O) groups excluding carboxylic acids is 5. The van der Waals surface area contributed by atoms with Crippen molar-refractivity contribution in [3.63, 3.8) is 0 Å². The van der Waals surface area contributed by atoms with E-state index in [2.05, 4.69) is 26.3 Å². The Kier molecular flexibility index (Phi) is 11.2. The van der Waals surface area contributed by atoms with Crippen molar-refractivity contribution in [2.75, 3.05) is 17.0 Å². The molecule has 0 unspecified atom stereocenters. The SMILES string of the molecule is CCOc1cc2ncc(C#N)c(Nc3ccc(OCc4ccccn4)c(Cl)c3)c2cc1N1OC(=O)/C=C\C(=O)Oc2ccnc(c2C)/C2=C(\OC(=O)/C=C\C(=O)O2)C1=O. The van der Waals surface area contributed by atoms with E-state index in [1.807, 2.05) is 6.07 Å². The van der Waals surface area contributed by atoms with Crippen LogP contribution in [-0.4, -0.2) is 51.3 Å². The first kappa shape index (κ1) is 39.1. The first-order valence-corrected chi connectivity index (χ1v) is 17.8. The second-order valence-corrected chi connectivity index (χ2v) is 12.6. The summed E-state index contributed by atoms with van der Waals surface area (Å²) < 4.78 is 28.0. The minimum absolute atomic E-state index is 0.0239. The van der Waals surface area contributed by atoms with Crippen LogP contribution in [0.25, 0.3) is 16.7 Å². The van der Waals surface area contributed by atoms with Gasteiger partial charge in [-0.25, -0.2) is 19.2 Å². The molecule has 0 saturated carbocycles. The number of pyridine rings is 3. The summed E-state index contributed by atoms with van der Waals surface area (Å²) in [6.45, 7) is 3.27. The molecule has 7 rings (SSSR count). The first-order chi connectivity index (χ1) is 28.5. The van der Waals surface area contributed by atoms with E-state index in [0.717, 1.165) is 18.2 Å². The smallest absolute Gasteiger partial charge is 0.356 e. The molecule has 2 bridgehead atoms. The summed E-state index contributed by atoms with van der Waals surface area (Å²) in [5, 5.41) is 14.2. The van der Waals surface area contributed by atoms with Gasteiger partial charge in [0, 0.05) is 65.6 Å². The molecule has 0 fully saturated rings. The van der Waals surface area contributed by atoms with Crippen LogP contribution in [0.15, 0.2) is 103 Å². The quantitative estimate of drug-likeness (QED) is 0.181. The number of halogens is 1. The Morgan fingerprint density at radius 1 is 0.814 bits per heavy atom. The molecular formula is C41H27ClN6O11. The Balaban J connectivity index is 1.39. The Hall–Kier alpha value is -8.10. The molecule has 2 aromatic carbocycles. The van der Waals surface area contributed by atoms with Crippen LogP contribution in [0.3, 0.4) is 0 Å². The van der Waals surface area contributed by atoms with Crippen molar-refractivity contribution in [2.24, 2.45) is 0 Å². The summed E-state index contributed by atoms with van der Waals surface area (Å²) in [5.74, 6) is -7.38. The van der Waals surface area contributed by atoms with Crippen LogP contribution in [0.4, 0.5) is 17.1 Å². The van der Waals surface area contributed by atoms with Gasteiger partial charge in [0.25, 0.3) is 0 Å². The van der Waals surface area contributed by atoms with Crippen molar-refractivity contribution in [1.29, 1.82) is 5.26 Å². The van der Waals surface area contributed by atoms with Crippen molar-refractivity contribution in [1.82, 2.24) is 15.0 Å². The lowest BCUT2D eigenvalue weighted by molar-refractivity contribution is -0.147. The number of ether oxygens (including phenoxy) is 5. The molecule has 1 amide bonds. The van der Waals surface area contributed by atoms with E-state index in [-0.39, 0.29) is 68.8 Å². The predicted octanol–water partition coefficient (Wildman–Crippen LogP) is 5.87. The maximum atomic E-state index is 14.8. The highest BCUT2D eigenvalue weighted by Crippen LogP contribution is 2.40. The van der Waals surface area contributed by atoms with Gasteiger partial charge in [-0.3, -0.25) is 19.7 Å². The van der Waals surface area contributed by atoms with E-state index in [1.165, 1.54) is 37.5 Å². The molecule has 0 spiro atoms. The molecule has 0 radical (unpaired) electrons. The lowest BCUT2D eigenvalue weighted by atomic mass is 10.1. The van der Waals surface area contributed by atoms with Gasteiger partial charge in [0.1, 0.15) is 41.3 Å². The number of nitrogens with one attached hydrogen (secondary N) is 1. The average Bonchev–Trinajstić information content (AvgIpc) is 3.22. The Morgan fingerprint density at radius 2 is 1.56 bits per heavy atom. The van der Waals surface area contributed by atoms with Gasteiger partial charge in [-0.2, -0.15) is 5.26 Å². The fraction of sp³-hybridized carbons (Fsp3) is 0.0976. The summed E-state index contributed by atoms with van der Waals surface area (Å²) >= 11 is 6.60. The van der Waals surface area contributed by atoms with Crippen LogP contribution in [0, 0.1) is 18.3 Å². The van der Waals surface area contributed by atoms with E-state index in [4.69, 9.17) is 40.1 Å². The zero-order valence-corrected chi connectivity index (χ0v) is 31.5. The van der Waals surface area contributed by atoms with Gasteiger partial charge in [0.2, 0.25) is 11.5 Å². The molecule has 3 aromatic heterocycles. The third kappa shape index (κ3) is 8.52. The minimum Gasteiger partial charge on any atom is -0.491 e.